The summed E-state index contributed by atoms with van der Waals surface area (Å²) in [6, 6.07) is 2.11. The van der Waals surface area contributed by atoms with Crippen LogP contribution in [0.1, 0.15) is 23.3 Å². The van der Waals surface area contributed by atoms with Gasteiger partial charge >= 0.3 is 0 Å². The highest BCUT2D eigenvalue weighted by molar-refractivity contribution is 5.92. The molecule has 0 aromatic carbocycles. The predicted octanol–water partition coefficient (Wildman–Crippen LogP) is 1.63. The minimum absolute atomic E-state index is 0. The van der Waals surface area contributed by atoms with Crippen LogP contribution in [0, 0.1) is 13.8 Å². The van der Waals surface area contributed by atoms with Crippen molar-refractivity contribution in [2.24, 2.45) is 7.05 Å². The number of piperazine rings is 1. The number of nitrogens with zero attached hydrogens (tertiary/aromatic N) is 6. The van der Waals surface area contributed by atoms with Gasteiger partial charge in [0.2, 0.25) is 0 Å². The summed E-state index contributed by atoms with van der Waals surface area (Å²) < 4.78 is 7.39. The highest BCUT2D eigenvalue weighted by Crippen LogP contribution is 2.30. The lowest BCUT2D eigenvalue weighted by atomic mass is 10.1. The van der Waals surface area contributed by atoms with E-state index >= 15 is 0 Å². The molecule has 0 saturated carbocycles. The molecule has 3 aromatic rings. The number of aromatic nitrogens is 5. The number of halogens is 1. The molecule has 0 spiro atoms. The summed E-state index contributed by atoms with van der Waals surface area (Å²) in [6.07, 6.45) is 0. The Morgan fingerprint density at radius 3 is 2.80 bits per heavy atom. The Kier molecular flexibility index (Phi) is 4.77. The van der Waals surface area contributed by atoms with Gasteiger partial charge < -0.3 is 9.84 Å². The van der Waals surface area contributed by atoms with Gasteiger partial charge in [0.1, 0.15) is 0 Å². The predicted molar refractivity (Wildman–Crippen MR) is 96.8 cm³/mol. The van der Waals surface area contributed by atoms with Crippen molar-refractivity contribution in [2.45, 2.75) is 19.9 Å². The van der Waals surface area contributed by atoms with Crippen molar-refractivity contribution in [3.8, 4) is 11.5 Å². The minimum atomic E-state index is 0. The molecule has 1 aliphatic heterocycles. The van der Waals surface area contributed by atoms with Crippen LogP contribution in [0.3, 0.4) is 0 Å². The summed E-state index contributed by atoms with van der Waals surface area (Å²) in [5, 5.41) is 13.0. The van der Waals surface area contributed by atoms with E-state index in [1.807, 2.05) is 27.0 Å². The molecule has 1 aliphatic rings. The Balaban J connectivity index is 0.00000182. The highest BCUT2D eigenvalue weighted by Gasteiger charge is 2.26. The number of pyridine rings is 1. The van der Waals surface area contributed by atoms with Crippen molar-refractivity contribution < 1.29 is 4.52 Å². The lowest BCUT2D eigenvalue weighted by molar-refractivity contribution is 0.190. The van der Waals surface area contributed by atoms with E-state index < -0.39 is 0 Å². The van der Waals surface area contributed by atoms with Gasteiger partial charge in [-0.05, 0) is 27.0 Å². The molecule has 0 bridgehead atoms. The van der Waals surface area contributed by atoms with Gasteiger partial charge in [-0.2, -0.15) is 10.1 Å². The van der Waals surface area contributed by atoms with Gasteiger partial charge in [0, 0.05) is 32.4 Å². The number of fused-ring (bicyclic) bond motifs is 1. The molecule has 0 amide bonds. The summed E-state index contributed by atoms with van der Waals surface area (Å²) in [5.41, 5.74) is 3.54. The maximum absolute atomic E-state index is 5.60. The Morgan fingerprint density at radius 2 is 2.04 bits per heavy atom. The average molecular weight is 364 g/mol. The molecule has 134 valence electrons. The lowest BCUT2D eigenvalue weighted by Crippen LogP contribution is -2.44. The zero-order chi connectivity index (χ0) is 16.8. The van der Waals surface area contributed by atoms with Crippen LogP contribution >= 0.6 is 12.4 Å². The first-order valence-electron chi connectivity index (χ1n) is 8.10. The molecular formula is C16H22ClN7O. The normalized spacial score (nSPS) is 18.5. The van der Waals surface area contributed by atoms with Crippen molar-refractivity contribution in [3.05, 3.63) is 23.3 Å². The molecule has 1 saturated heterocycles. The van der Waals surface area contributed by atoms with Gasteiger partial charge in [-0.3, -0.25) is 9.58 Å². The van der Waals surface area contributed by atoms with E-state index in [9.17, 15) is 0 Å². The first-order chi connectivity index (χ1) is 11.5. The topological polar surface area (TPSA) is 84.9 Å². The molecule has 3 aromatic heterocycles. The zero-order valence-electron chi connectivity index (χ0n) is 14.8. The maximum atomic E-state index is 5.60. The van der Waals surface area contributed by atoms with E-state index in [1.54, 1.807) is 4.68 Å². The molecule has 1 N–H and O–H groups in total. The zero-order valence-corrected chi connectivity index (χ0v) is 15.6. The third kappa shape index (κ3) is 3.01. The Hall–Kier alpha value is -2.03. The van der Waals surface area contributed by atoms with E-state index in [0.29, 0.717) is 11.7 Å². The number of hydrogen-bond donors (Lipinski definition) is 1. The SMILES string of the molecule is Cc1cc(-c2nc(C3CNCCN3C)no2)c2c(C)nn(C)c2n1.Cl. The number of rotatable bonds is 2. The second-order valence-corrected chi connectivity index (χ2v) is 6.38. The second-order valence-electron chi connectivity index (χ2n) is 6.38. The van der Waals surface area contributed by atoms with Gasteiger partial charge in [-0.15, -0.1) is 12.4 Å². The maximum Gasteiger partial charge on any atom is 0.258 e. The van der Waals surface area contributed by atoms with Crippen molar-refractivity contribution >= 4 is 23.4 Å². The Morgan fingerprint density at radius 1 is 1.24 bits per heavy atom. The molecule has 8 nitrogen and oxygen atoms in total. The standard InChI is InChI=1S/C16H21N7O.ClH/c1-9-7-11(13-10(2)20-23(4)15(13)18-9)16-19-14(21-24-16)12-8-17-5-6-22(12)3;/h7,12,17H,5-6,8H2,1-4H3;1H. The van der Waals surface area contributed by atoms with E-state index in [1.165, 1.54) is 0 Å². The third-order valence-corrected chi connectivity index (χ3v) is 4.58. The van der Waals surface area contributed by atoms with E-state index in [0.717, 1.165) is 47.6 Å². The van der Waals surface area contributed by atoms with Crippen molar-refractivity contribution in [2.75, 3.05) is 26.7 Å². The smallest absolute Gasteiger partial charge is 0.258 e. The van der Waals surface area contributed by atoms with Crippen LogP contribution in [0.4, 0.5) is 0 Å². The summed E-state index contributed by atoms with van der Waals surface area (Å²) in [4.78, 5) is 11.5. The largest absolute Gasteiger partial charge is 0.334 e. The summed E-state index contributed by atoms with van der Waals surface area (Å²) in [6.45, 7) is 6.71. The molecule has 4 rings (SSSR count). The third-order valence-electron chi connectivity index (χ3n) is 4.58. The quantitative estimate of drug-likeness (QED) is 0.740. The first-order valence-corrected chi connectivity index (χ1v) is 8.10. The van der Waals surface area contributed by atoms with E-state index in [2.05, 4.69) is 37.5 Å². The molecular weight excluding hydrogens is 342 g/mol. The molecule has 25 heavy (non-hydrogen) atoms. The van der Waals surface area contributed by atoms with Crippen LogP contribution in [0.25, 0.3) is 22.5 Å². The van der Waals surface area contributed by atoms with Crippen LogP contribution in [0.5, 0.6) is 0 Å². The molecule has 9 heteroatoms. The molecule has 1 fully saturated rings. The monoisotopic (exact) mass is 363 g/mol. The number of likely N-dealkylation sites (N-methyl/N-ethyl adjacent to an activating group) is 1. The summed E-state index contributed by atoms with van der Waals surface area (Å²) in [5.74, 6) is 1.24. The fourth-order valence-corrected chi connectivity index (χ4v) is 3.31. The van der Waals surface area contributed by atoms with Crippen molar-refractivity contribution in [3.63, 3.8) is 0 Å². The van der Waals surface area contributed by atoms with Crippen molar-refractivity contribution in [1.82, 2.24) is 35.1 Å². The van der Waals surface area contributed by atoms with Crippen LogP contribution in [0.15, 0.2) is 10.6 Å². The molecule has 0 radical (unpaired) electrons. The van der Waals surface area contributed by atoms with Crippen LogP contribution in [-0.2, 0) is 7.05 Å². The first kappa shape index (κ1) is 17.8. The second kappa shape index (κ2) is 6.70. The summed E-state index contributed by atoms with van der Waals surface area (Å²) >= 11 is 0. The number of hydrogen-bond acceptors (Lipinski definition) is 7. The van der Waals surface area contributed by atoms with Gasteiger partial charge in [0.15, 0.2) is 11.5 Å². The van der Waals surface area contributed by atoms with Gasteiger partial charge in [-0.1, -0.05) is 5.16 Å². The van der Waals surface area contributed by atoms with Gasteiger partial charge in [0.05, 0.1) is 22.7 Å². The molecule has 0 aliphatic carbocycles. The Labute approximate surface area is 152 Å². The van der Waals surface area contributed by atoms with E-state index in [-0.39, 0.29) is 18.4 Å². The fraction of sp³-hybridized carbons (Fsp3) is 0.500. The van der Waals surface area contributed by atoms with E-state index in [4.69, 9.17) is 4.52 Å². The fourth-order valence-electron chi connectivity index (χ4n) is 3.31. The van der Waals surface area contributed by atoms with Gasteiger partial charge in [-0.25, -0.2) is 4.98 Å². The molecule has 1 unspecified atom stereocenters. The van der Waals surface area contributed by atoms with Crippen LogP contribution < -0.4 is 5.32 Å². The van der Waals surface area contributed by atoms with Crippen molar-refractivity contribution in [1.29, 1.82) is 0 Å². The van der Waals surface area contributed by atoms with Crippen LogP contribution in [-0.4, -0.2) is 56.5 Å². The lowest BCUT2D eigenvalue weighted by Gasteiger charge is -2.30. The number of aryl methyl sites for hydroxylation is 3. The molecule has 1 atom stereocenters. The van der Waals surface area contributed by atoms with Gasteiger partial charge in [0.25, 0.3) is 5.89 Å². The number of nitrogens with one attached hydrogen (secondary N) is 1. The average Bonchev–Trinajstić information content (AvgIpc) is 3.13. The minimum Gasteiger partial charge on any atom is -0.334 e. The summed E-state index contributed by atoms with van der Waals surface area (Å²) in [7, 11) is 3.98. The Bertz CT molecular complexity index is 903. The van der Waals surface area contributed by atoms with Crippen LogP contribution in [0.2, 0.25) is 0 Å². The highest BCUT2D eigenvalue weighted by atomic mass is 35.5. The molecule has 4 heterocycles.